The van der Waals surface area contributed by atoms with Crippen LogP contribution in [0.1, 0.15) is 35.3 Å². The molecule has 0 aromatic heterocycles. The van der Waals surface area contributed by atoms with Gasteiger partial charge < -0.3 is 14.7 Å². The van der Waals surface area contributed by atoms with Crippen molar-refractivity contribution in [1.82, 2.24) is 9.80 Å². The first-order chi connectivity index (χ1) is 14.3. The Morgan fingerprint density at radius 1 is 1.23 bits per heavy atom. The van der Waals surface area contributed by atoms with Crippen LogP contribution in [0, 0.1) is 12.7 Å². The molecule has 0 aliphatic carbocycles. The van der Waals surface area contributed by atoms with Gasteiger partial charge in [0, 0.05) is 19.1 Å². The zero-order chi connectivity index (χ0) is 21.8. The summed E-state index contributed by atoms with van der Waals surface area (Å²) in [5, 5.41) is 9.41. The van der Waals surface area contributed by atoms with Crippen LogP contribution in [-0.4, -0.2) is 52.2 Å². The Balaban J connectivity index is 1.75. The molecule has 158 valence electrons. The van der Waals surface area contributed by atoms with E-state index in [1.807, 2.05) is 23.6 Å². The Bertz CT molecular complexity index is 970. The maximum absolute atomic E-state index is 13.2. The van der Waals surface area contributed by atoms with Crippen LogP contribution in [0.5, 0.6) is 5.75 Å². The molecule has 1 aliphatic rings. The number of ether oxygens (including phenoxy) is 1. The molecule has 7 heteroatoms. The van der Waals surface area contributed by atoms with Gasteiger partial charge in [0.1, 0.15) is 35.5 Å². The monoisotopic (exact) mass is 412 g/mol. The Morgan fingerprint density at radius 3 is 2.57 bits per heavy atom. The first kappa shape index (κ1) is 21.6. The topological polar surface area (TPSA) is 70.1 Å². The van der Waals surface area contributed by atoms with Crippen LogP contribution in [-0.2, 0) is 11.3 Å². The van der Waals surface area contributed by atoms with Gasteiger partial charge in [0.2, 0.25) is 0 Å². The van der Waals surface area contributed by atoms with E-state index >= 15 is 0 Å². The lowest BCUT2D eigenvalue weighted by atomic mass is 10.0. The van der Waals surface area contributed by atoms with Crippen LogP contribution in [0.4, 0.5) is 4.39 Å². The Labute approximate surface area is 175 Å². The molecule has 0 unspecified atom stereocenters. The Kier molecular flexibility index (Phi) is 6.55. The maximum atomic E-state index is 13.2. The van der Waals surface area contributed by atoms with Crippen molar-refractivity contribution >= 4 is 11.9 Å². The molecule has 1 aliphatic heterocycles. The number of hydrogen-bond donors (Lipinski definition) is 1. The molecule has 1 fully saturated rings. The van der Waals surface area contributed by atoms with Gasteiger partial charge >= 0.3 is 5.97 Å². The minimum atomic E-state index is -1.05. The molecular weight excluding hydrogens is 387 g/mol. The van der Waals surface area contributed by atoms with Crippen LogP contribution in [0.25, 0.3) is 0 Å². The van der Waals surface area contributed by atoms with E-state index in [4.69, 9.17) is 4.74 Å². The van der Waals surface area contributed by atoms with Crippen molar-refractivity contribution in [3.63, 3.8) is 0 Å². The number of halogens is 1. The van der Waals surface area contributed by atoms with E-state index in [1.54, 1.807) is 31.2 Å². The average molecular weight is 412 g/mol. The molecule has 0 spiro atoms. The highest BCUT2D eigenvalue weighted by Crippen LogP contribution is 2.28. The summed E-state index contributed by atoms with van der Waals surface area (Å²) in [6.45, 7) is 6.92. The second-order valence-electron chi connectivity index (χ2n) is 7.57. The van der Waals surface area contributed by atoms with Crippen molar-refractivity contribution in [3.8, 4) is 5.75 Å². The zero-order valence-electron chi connectivity index (χ0n) is 17.3. The van der Waals surface area contributed by atoms with Gasteiger partial charge in [-0.3, -0.25) is 4.90 Å². The normalized spacial score (nSPS) is 19.5. The predicted molar refractivity (Wildman–Crippen MR) is 110 cm³/mol. The van der Waals surface area contributed by atoms with Crippen molar-refractivity contribution in [3.05, 3.63) is 70.7 Å². The van der Waals surface area contributed by atoms with Gasteiger partial charge in [0.25, 0.3) is 0 Å². The van der Waals surface area contributed by atoms with E-state index in [0.29, 0.717) is 24.5 Å². The summed E-state index contributed by atoms with van der Waals surface area (Å²) in [6, 6.07) is 10.9. The number of carbonyl (C=O) groups is 1. The number of nitrogens with zero attached hydrogens (tertiary/aromatic N) is 2. The van der Waals surface area contributed by atoms with Crippen LogP contribution in [0.3, 0.4) is 0 Å². The number of carbonyl (C=O) groups excluding carboxylic acids is 1. The van der Waals surface area contributed by atoms with Crippen molar-refractivity contribution in [2.45, 2.75) is 39.4 Å². The number of piperazine rings is 1. The number of carboxylic acids is 1. The van der Waals surface area contributed by atoms with Crippen molar-refractivity contribution in [2.75, 3.05) is 13.3 Å². The fraction of sp³-hybridized carbons (Fsp3) is 0.348. The number of rotatable bonds is 6. The fourth-order valence-corrected chi connectivity index (χ4v) is 3.74. The smallest absolute Gasteiger partial charge is 0.339 e. The Morgan fingerprint density at radius 2 is 1.93 bits per heavy atom. The van der Waals surface area contributed by atoms with Crippen LogP contribution < -0.4 is 4.74 Å². The highest BCUT2D eigenvalue weighted by Gasteiger charge is 2.34. The van der Waals surface area contributed by atoms with Crippen molar-refractivity contribution in [2.24, 2.45) is 0 Å². The lowest BCUT2D eigenvalue weighted by Gasteiger charge is -2.45. The molecule has 2 aromatic rings. The molecule has 1 saturated heterocycles. The first-order valence-corrected chi connectivity index (χ1v) is 9.77. The first-order valence-electron chi connectivity index (χ1n) is 9.77. The summed E-state index contributed by atoms with van der Waals surface area (Å²) < 4.78 is 19.1. The van der Waals surface area contributed by atoms with Gasteiger partial charge in [-0.2, -0.15) is 0 Å². The van der Waals surface area contributed by atoms with E-state index < -0.39 is 5.97 Å². The molecule has 6 nitrogen and oxygen atoms in total. The standard InChI is InChI=1S/C23H25FN2O4/c1-15-5-4-6-20(23(28)29)22(15)30-14-25-11-16(2)26(21(13-27)17(25)3)12-18-7-9-19(24)10-8-18/h4-10,16-17H,11-12,14H2,1-3H3,(H,28,29)/t16-,17+/m0/s1. The maximum Gasteiger partial charge on any atom is 0.339 e. The SMILES string of the molecule is Cc1cccc(C(=O)O)c1OCN1C[C@H](C)N(Cc2ccc(F)cc2)C(=C=O)[C@H]1C. The lowest BCUT2D eigenvalue weighted by molar-refractivity contribution is 0.0275. The van der Waals surface area contributed by atoms with Crippen molar-refractivity contribution in [1.29, 1.82) is 0 Å². The van der Waals surface area contributed by atoms with Gasteiger partial charge in [-0.05, 0) is 50.1 Å². The van der Waals surface area contributed by atoms with Gasteiger partial charge in [0.05, 0.1) is 6.04 Å². The molecule has 0 bridgehead atoms. The molecule has 1 heterocycles. The Hall–Kier alpha value is -3.15. The molecule has 1 N–H and O–H groups in total. The second-order valence-corrected chi connectivity index (χ2v) is 7.57. The second kappa shape index (κ2) is 9.11. The summed E-state index contributed by atoms with van der Waals surface area (Å²) in [4.78, 5) is 27.2. The zero-order valence-corrected chi connectivity index (χ0v) is 17.3. The number of benzene rings is 2. The molecule has 30 heavy (non-hydrogen) atoms. The van der Waals surface area contributed by atoms with Crippen molar-refractivity contribution < 1.29 is 23.8 Å². The van der Waals surface area contributed by atoms with E-state index in [0.717, 1.165) is 11.1 Å². The molecule has 0 saturated carbocycles. The lowest BCUT2D eigenvalue weighted by Crippen LogP contribution is -2.55. The molecular formula is C23H25FN2O4. The molecule has 0 amide bonds. The minimum absolute atomic E-state index is 0.0119. The molecule has 0 radical (unpaired) electrons. The quantitative estimate of drug-likeness (QED) is 0.733. The number of para-hydroxylation sites is 1. The van der Waals surface area contributed by atoms with E-state index in [2.05, 4.69) is 5.94 Å². The average Bonchev–Trinajstić information content (AvgIpc) is 2.71. The van der Waals surface area contributed by atoms with E-state index in [9.17, 15) is 19.1 Å². The largest absolute Gasteiger partial charge is 0.478 e. The third-order valence-corrected chi connectivity index (χ3v) is 5.47. The van der Waals surface area contributed by atoms with Gasteiger partial charge in [-0.1, -0.05) is 24.3 Å². The highest BCUT2D eigenvalue weighted by molar-refractivity contribution is 5.91. The summed E-state index contributed by atoms with van der Waals surface area (Å²) in [6.07, 6.45) is 0. The number of aromatic carboxylic acids is 1. The third kappa shape index (κ3) is 4.53. The number of aryl methyl sites for hydroxylation is 1. The summed E-state index contributed by atoms with van der Waals surface area (Å²) >= 11 is 0. The third-order valence-electron chi connectivity index (χ3n) is 5.47. The van der Waals surface area contributed by atoms with Gasteiger partial charge in [-0.15, -0.1) is 0 Å². The van der Waals surface area contributed by atoms with Gasteiger partial charge in [0.15, 0.2) is 0 Å². The van der Waals surface area contributed by atoms with E-state index in [1.165, 1.54) is 18.2 Å². The van der Waals surface area contributed by atoms with Crippen LogP contribution in [0.15, 0.2) is 48.2 Å². The van der Waals surface area contributed by atoms with Gasteiger partial charge in [-0.25, -0.2) is 14.0 Å². The predicted octanol–water partition coefficient (Wildman–Crippen LogP) is 3.48. The fourth-order valence-electron chi connectivity index (χ4n) is 3.74. The van der Waals surface area contributed by atoms with Crippen LogP contribution >= 0.6 is 0 Å². The van der Waals surface area contributed by atoms with E-state index in [-0.39, 0.29) is 30.2 Å². The number of carboxylic acid groups (broad SMARTS) is 1. The summed E-state index contributed by atoms with van der Waals surface area (Å²) in [7, 11) is 0. The van der Waals surface area contributed by atoms with Crippen LogP contribution in [0.2, 0.25) is 0 Å². The number of hydrogen-bond acceptors (Lipinski definition) is 5. The highest BCUT2D eigenvalue weighted by atomic mass is 19.1. The molecule has 2 aromatic carbocycles. The summed E-state index contributed by atoms with van der Waals surface area (Å²) in [5.41, 5.74) is 2.23. The summed E-state index contributed by atoms with van der Waals surface area (Å²) in [5.74, 6) is 1.04. The minimum Gasteiger partial charge on any atom is -0.478 e. The molecule has 2 atom stereocenters. The molecule has 3 rings (SSSR count).